The third-order valence-corrected chi connectivity index (χ3v) is 1.79. The van der Waals surface area contributed by atoms with Crippen molar-refractivity contribution in [2.45, 2.75) is 0 Å². The molecule has 6 heteroatoms. The smallest absolute Gasteiger partial charge is 0.246 e. The Bertz CT molecular complexity index is 400. The molecule has 0 radical (unpaired) electrons. The lowest BCUT2D eigenvalue weighted by atomic mass is 10.3. The second kappa shape index (κ2) is 5.59. The lowest BCUT2D eigenvalue weighted by Gasteiger charge is -2.08. The van der Waals surface area contributed by atoms with Crippen LogP contribution in [0.5, 0.6) is 5.75 Å². The molecule has 1 aromatic carbocycles. The fourth-order valence-electron chi connectivity index (χ4n) is 1.10. The van der Waals surface area contributed by atoms with Gasteiger partial charge in [0.05, 0.1) is 12.8 Å². The third-order valence-electron chi connectivity index (χ3n) is 1.79. The summed E-state index contributed by atoms with van der Waals surface area (Å²) in [5.74, 6) is 0.161. The molecule has 0 saturated heterocycles. The second-order valence-electron chi connectivity index (χ2n) is 2.99. The molecule has 0 atom stereocenters. The van der Waals surface area contributed by atoms with Gasteiger partial charge >= 0.3 is 0 Å². The molecule has 5 N–H and O–H groups in total. The number of carbonyl (C=O) groups excluding carboxylic acids is 1. The van der Waals surface area contributed by atoms with Crippen LogP contribution < -0.4 is 21.5 Å². The van der Waals surface area contributed by atoms with E-state index >= 15 is 0 Å². The molecule has 0 unspecified atom stereocenters. The van der Waals surface area contributed by atoms with Crippen LogP contribution in [0.2, 0.25) is 0 Å². The molecule has 1 rings (SSSR count). The highest BCUT2D eigenvalue weighted by molar-refractivity contribution is 5.94. The number of nitrogens with one attached hydrogen (secondary N) is 1. The Labute approximate surface area is 93.3 Å². The molecule has 0 heterocycles. The number of hydrogen-bond donors (Lipinski definition) is 3. The van der Waals surface area contributed by atoms with Crippen LogP contribution in [0.3, 0.4) is 0 Å². The summed E-state index contributed by atoms with van der Waals surface area (Å²) >= 11 is 0. The summed E-state index contributed by atoms with van der Waals surface area (Å²) in [6.07, 6.45) is 0. The van der Waals surface area contributed by atoms with Gasteiger partial charge in [-0.3, -0.25) is 4.79 Å². The van der Waals surface area contributed by atoms with Crippen LogP contribution in [0.1, 0.15) is 0 Å². The van der Waals surface area contributed by atoms with E-state index in [-0.39, 0.29) is 18.4 Å². The van der Waals surface area contributed by atoms with Gasteiger partial charge < -0.3 is 21.5 Å². The highest BCUT2D eigenvalue weighted by atomic mass is 16.5. The summed E-state index contributed by atoms with van der Waals surface area (Å²) in [5.41, 5.74) is 10.8. The van der Waals surface area contributed by atoms with Crippen molar-refractivity contribution in [2.24, 2.45) is 16.5 Å². The van der Waals surface area contributed by atoms with E-state index in [1.807, 2.05) is 6.07 Å². The van der Waals surface area contributed by atoms with E-state index in [1.165, 1.54) is 7.11 Å². The van der Waals surface area contributed by atoms with Gasteiger partial charge in [0.1, 0.15) is 12.3 Å². The van der Waals surface area contributed by atoms with Crippen LogP contribution >= 0.6 is 0 Å². The molecule has 0 saturated carbocycles. The van der Waals surface area contributed by atoms with Crippen molar-refractivity contribution in [3.63, 3.8) is 0 Å². The number of carbonyl (C=O) groups is 1. The van der Waals surface area contributed by atoms with Gasteiger partial charge in [-0.1, -0.05) is 12.1 Å². The van der Waals surface area contributed by atoms with Crippen LogP contribution in [0.25, 0.3) is 0 Å². The van der Waals surface area contributed by atoms with Crippen molar-refractivity contribution in [3.05, 3.63) is 24.3 Å². The first-order chi connectivity index (χ1) is 7.63. The SMILES string of the molecule is COc1ccccc1NC(=O)CN=C(N)N. The number of amides is 1. The summed E-state index contributed by atoms with van der Waals surface area (Å²) in [7, 11) is 1.53. The van der Waals surface area contributed by atoms with Gasteiger partial charge in [-0.15, -0.1) is 0 Å². The van der Waals surface area contributed by atoms with Gasteiger partial charge in [0.25, 0.3) is 0 Å². The van der Waals surface area contributed by atoms with E-state index in [0.717, 1.165) is 0 Å². The van der Waals surface area contributed by atoms with E-state index in [2.05, 4.69) is 10.3 Å². The first-order valence-electron chi connectivity index (χ1n) is 4.61. The van der Waals surface area contributed by atoms with Crippen molar-refractivity contribution in [1.29, 1.82) is 0 Å². The molecule has 16 heavy (non-hydrogen) atoms. The van der Waals surface area contributed by atoms with Crippen LogP contribution in [0, 0.1) is 0 Å². The fourth-order valence-corrected chi connectivity index (χ4v) is 1.10. The third kappa shape index (κ3) is 3.49. The normalized spacial score (nSPS) is 9.31. The highest BCUT2D eigenvalue weighted by Crippen LogP contribution is 2.22. The maximum absolute atomic E-state index is 11.4. The predicted octanol–water partition coefficient (Wildman–Crippen LogP) is -0.0929. The van der Waals surface area contributed by atoms with E-state index in [0.29, 0.717) is 11.4 Å². The Morgan fingerprint density at radius 2 is 2.12 bits per heavy atom. The first kappa shape index (κ1) is 11.8. The zero-order valence-electron chi connectivity index (χ0n) is 8.93. The topological polar surface area (TPSA) is 103 Å². The van der Waals surface area contributed by atoms with Crippen LogP contribution in [-0.2, 0) is 4.79 Å². The van der Waals surface area contributed by atoms with Crippen LogP contribution in [-0.4, -0.2) is 25.5 Å². The maximum atomic E-state index is 11.4. The van der Waals surface area contributed by atoms with Crippen molar-refractivity contribution < 1.29 is 9.53 Å². The number of hydrogen-bond acceptors (Lipinski definition) is 3. The number of aliphatic imine (C=N–C) groups is 1. The number of benzene rings is 1. The molecule has 0 aliphatic carbocycles. The molecule has 86 valence electrons. The quantitative estimate of drug-likeness (QED) is 0.489. The molecular formula is C10H14N4O2. The van der Waals surface area contributed by atoms with Gasteiger partial charge in [-0.05, 0) is 12.1 Å². The molecule has 0 aliphatic heterocycles. The number of rotatable bonds is 4. The minimum atomic E-state index is -0.307. The molecular weight excluding hydrogens is 208 g/mol. The lowest BCUT2D eigenvalue weighted by molar-refractivity contribution is -0.114. The minimum Gasteiger partial charge on any atom is -0.495 e. The Balaban J connectivity index is 2.66. The Hall–Kier alpha value is -2.24. The van der Waals surface area contributed by atoms with Gasteiger partial charge in [-0.25, -0.2) is 4.99 Å². The van der Waals surface area contributed by atoms with Gasteiger partial charge in [0.2, 0.25) is 5.91 Å². The van der Waals surface area contributed by atoms with Crippen LogP contribution in [0.4, 0.5) is 5.69 Å². The molecule has 0 aromatic heterocycles. The minimum absolute atomic E-state index is 0.111. The molecule has 1 aromatic rings. The average Bonchev–Trinajstić information content (AvgIpc) is 2.27. The van der Waals surface area contributed by atoms with Crippen molar-refractivity contribution in [2.75, 3.05) is 19.0 Å². The summed E-state index contributed by atoms with van der Waals surface area (Å²) in [6.45, 7) is -0.111. The first-order valence-corrected chi connectivity index (χ1v) is 4.61. The number of methoxy groups -OCH3 is 1. The number of ether oxygens (including phenoxy) is 1. The Morgan fingerprint density at radius 1 is 1.44 bits per heavy atom. The monoisotopic (exact) mass is 222 g/mol. The molecule has 0 fully saturated rings. The fraction of sp³-hybridized carbons (Fsp3) is 0.200. The van der Waals surface area contributed by atoms with E-state index in [4.69, 9.17) is 16.2 Å². The molecule has 0 aliphatic rings. The summed E-state index contributed by atoms with van der Waals surface area (Å²) < 4.78 is 5.07. The van der Waals surface area contributed by atoms with Crippen molar-refractivity contribution in [1.82, 2.24) is 0 Å². The van der Waals surface area contributed by atoms with Crippen LogP contribution in [0.15, 0.2) is 29.3 Å². The average molecular weight is 222 g/mol. The zero-order chi connectivity index (χ0) is 12.0. The number of guanidine groups is 1. The largest absolute Gasteiger partial charge is 0.495 e. The molecule has 1 amide bonds. The molecule has 6 nitrogen and oxygen atoms in total. The standard InChI is InChI=1S/C10H14N4O2/c1-16-8-5-3-2-4-7(8)14-9(15)6-13-10(11)12/h2-5H,6H2,1H3,(H,14,15)(H4,11,12,13). The van der Waals surface area contributed by atoms with E-state index < -0.39 is 0 Å². The number of anilines is 1. The Kier molecular flexibility index (Phi) is 4.14. The molecule has 0 bridgehead atoms. The summed E-state index contributed by atoms with van der Waals surface area (Å²) in [4.78, 5) is 15.0. The van der Waals surface area contributed by atoms with Gasteiger partial charge in [0.15, 0.2) is 5.96 Å². The van der Waals surface area contributed by atoms with Gasteiger partial charge in [-0.2, -0.15) is 0 Å². The summed E-state index contributed by atoms with van der Waals surface area (Å²) in [5, 5.41) is 2.63. The number of para-hydroxylation sites is 2. The molecule has 0 spiro atoms. The predicted molar refractivity (Wildman–Crippen MR) is 62.3 cm³/mol. The van der Waals surface area contributed by atoms with Crippen molar-refractivity contribution >= 4 is 17.6 Å². The summed E-state index contributed by atoms with van der Waals surface area (Å²) in [6, 6.07) is 7.08. The highest BCUT2D eigenvalue weighted by Gasteiger charge is 2.05. The number of nitrogens with two attached hydrogens (primary N) is 2. The van der Waals surface area contributed by atoms with E-state index in [1.54, 1.807) is 18.2 Å². The van der Waals surface area contributed by atoms with E-state index in [9.17, 15) is 4.79 Å². The number of nitrogens with zero attached hydrogens (tertiary/aromatic N) is 1. The van der Waals surface area contributed by atoms with Crippen molar-refractivity contribution in [3.8, 4) is 5.75 Å². The Morgan fingerprint density at radius 3 is 2.75 bits per heavy atom. The van der Waals surface area contributed by atoms with Gasteiger partial charge in [0, 0.05) is 0 Å². The second-order valence-corrected chi connectivity index (χ2v) is 2.99. The lowest BCUT2D eigenvalue weighted by Crippen LogP contribution is -2.25. The maximum Gasteiger partial charge on any atom is 0.246 e. The zero-order valence-corrected chi connectivity index (χ0v) is 8.93.